The maximum Gasteiger partial charge on any atom is 0.323 e. The van der Waals surface area contributed by atoms with Crippen molar-refractivity contribution in [3.8, 4) is 5.75 Å². The summed E-state index contributed by atoms with van der Waals surface area (Å²) in [6.07, 6.45) is 0. The molecule has 3 rings (SSSR count). The van der Waals surface area contributed by atoms with Crippen LogP contribution < -0.4 is 10.4 Å². The number of hydrogen-bond acceptors (Lipinski definition) is 2. The molecule has 0 aliphatic rings. The number of ether oxygens (including phenoxy) is 1. The van der Waals surface area contributed by atoms with Gasteiger partial charge in [-0.05, 0) is 35.4 Å². The predicted octanol–water partition coefficient (Wildman–Crippen LogP) is 3.96. The van der Waals surface area contributed by atoms with Crippen LogP contribution >= 0.6 is 27.5 Å². The van der Waals surface area contributed by atoms with E-state index < -0.39 is 0 Å². The summed E-state index contributed by atoms with van der Waals surface area (Å²) in [6, 6.07) is 11.3. The maximum absolute atomic E-state index is 11.4. The Balaban J connectivity index is 2.09. The smallest absolute Gasteiger partial charge is 0.323 e. The van der Waals surface area contributed by atoms with Crippen LogP contribution in [0.15, 0.2) is 45.7 Å². The highest BCUT2D eigenvalue weighted by Gasteiger charge is 2.16. The topological polar surface area (TPSA) is 57.9 Å². The van der Waals surface area contributed by atoms with E-state index in [-0.39, 0.29) is 11.1 Å². The predicted molar refractivity (Wildman–Crippen MR) is 87.3 cm³/mol. The molecule has 0 bridgehead atoms. The molecule has 108 valence electrons. The second kappa shape index (κ2) is 5.58. The monoisotopic (exact) mass is 366 g/mol. The van der Waals surface area contributed by atoms with Crippen LogP contribution in [0.2, 0.25) is 0 Å². The van der Waals surface area contributed by atoms with Gasteiger partial charge in [0.2, 0.25) is 0 Å². The standard InChI is InChI=1S/C15H12BrClN2O2/c1-21-9-4-2-3-8(5-9)14(17)10-6-12-13(7-11(10)16)19-15(20)18-12/h2-7,14H,1H3,(H2,18,19,20). The van der Waals surface area contributed by atoms with Crippen molar-refractivity contribution in [3.05, 3.63) is 62.5 Å². The van der Waals surface area contributed by atoms with Crippen molar-refractivity contribution in [2.24, 2.45) is 0 Å². The van der Waals surface area contributed by atoms with Crippen molar-refractivity contribution in [2.75, 3.05) is 7.11 Å². The molecule has 6 heteroatoms. The summed E-state index contributed by atoms with van der Waals surface area (Å²) in [5.74, 6) is 0.755. The molecule has 21 heavy (non-hydrogen) atoms. The van der Waals surface area contributed by atoms with E-state index in [1.807, 2.05) is 36.4 Å². The minimum absolute atomic E-state index is 0.235. The van der Waals surface area contributed by atoms with Crippen LogP contribution in [-0.4, -0.2) is 17.1 Å². The molecule has 2 aromatic carbocycles. The van der Waals surface area contributed by atoms with Crippen LogP contribution in [0.25, 0.3) is 11.0 Å². The SMILES string of the molecule is COc1cccc(C(Cl)c2cc3[nH]c(=O)[nH]c3cc2Br)c1. The van der Waals surface area contributed by atoms with Crippen LogP contribution in [0.4, 0.5) is 0 Å². The largest absolute Gasteiger partial charge is 0.497 e. The van der Waals surface area contributed by atoms with Crippen LogP contribution in [-0.2, 0) is 0 Å². The van der Waals surface area contributed by atoms with Crippen molar-refractivity contribution in [1.29, 1.82) is 0 Å². The fourth-order valence-electron chi connectivity index (χ4n) is 2.25. The van der Waals surface area contributed by atoms with Gasteiger partial charge in [-0.1, -0.05) is 28.1 Å². The Kier molecular flexibility index (Phi) is 3.78. The lowest BCUT2D eigenvalue weighted by Gasteiger charge is -2.13. The third kappa shape index (κ3) is 2.71. The summed E-state index contributed by atoms with van der Waals surface area (Å²) in [5.41, 5.74) is 3.04. The van der Waals surface area contributed by atoms with Crippen molar-refractivity contribution in [2.45, 2.75) is 5.38 Å². The molecule has 0 saturated carbocycles. The Morgan fingerprint density at radius 1 is 1.19 bits per heavy atom. The molecular weight excluding hydrogens is 356 g/mol. The summed E-state index contributed by atoms with van der Waals surface area (Å²) in [7, 11) is 1.62. The molecule has 0 aliphatic carbocycles. The number of aromatic amines is 2. The third-order valence-corrected chi connectivity index (χ3v) is 4.47. The number of benzene rings is 2. The summed E-state index contributed by atoms with van der Waals surface area (Å²) in [4.78, 5) is 16.8. The molecule has 0 amide bonds. The minimum atomic E-state index is -0.350. The maximum atomic E-state index is 11.4. The molecule has 1 unspecified atom stereocenters. The zero-order valence-corrected chi connectivity index (χ0v) is 13.5. The van der Waals surface area contributed by atoms with Crippen LogP contribution in [0.5, 0.6) is 5.75 Å². The molecule has 1 atom stereocenters. The van der Waals surface area contributed by atoms with E-state index in [1.54, 1.807) is 7.11 Å². The first-order chi connectivity index (χ1) is 10.1. The molecule has 3 aromatic rings. The van der Waals surface area contributed by atoms with Gasteiger partial charge in [0.25, 0.3) is 0 Å². The summed E-state index contributed by atoms with van der Waals surface area (Å²) in [6.45, 7) is 0. The highest BCUT2D eigenvalue weighted by molar-refractivity contribution is 9.10. The fraction of sp³-hybridized carbons (Fsp3) is 0.133. The first-order valence-electron chi connectivity index (χ1n) is 6.28. The van der Waals surface area contributed by atoms with E-state index in [4.69, 9.17) is 16.3 Å². The normalized spacial score (nSPS) is 12.5. The Hall–Kier alpha value is -1.72. The van der Waals surface area contributed by atoms with E-state index in [1.165, 1.54) is 0 Å². The number of rotatable bonds is 3. The van der Waals surface area contributed by atoms with Gasteiger partial charge in [0.1, 0.15) is 5.75 Å². The molecular formula is C15H12BrClN2O2. The number of imidazole rings is 1. The van der Waals surface area contributed by atoms with Gasteiger partial charge < -0.3 is 14.7 Å². The minimum Gasteiger partial charge on any atom is -0.497 e. The van der Waals surface area contributed by atoms with Gasteiger partial charge in [-0.2, -0.15) is 0 Å². The quantitative estimate of drug-likeness (QED) is 0.689. The third-order valence-electron chi connectivity index (χ3n) is 3.29. The van der Waals surface area contributed by atoms with Gasteiger partial charge in [0, 0.05) is 4.47 Å². The van der Waals surface area contributed by atoms with E-state index in [2.05, 4.69) is 25.9 Å². The average Bonchev–Trinajstić information content (AvgIpc) is 2.84. The number of nitrogens with one attached hydrogen (secondary N) is 2. The number of fused-ring (bicyclic) bond motifs is 1. The summed E-state index contributed by atoms with van der Waals surface area (Å²) >= 11 is 10.1. The highest BCUT2D eigenvalue weighted by Crippen LogP contribution is 2.36. The van der Waals surface area contributed by atoms with E-state index in [9.17, 15) is 4.79 Å². The molecule has 0 saturated heterocycles. The number of aromatic nitrogens is 2. The number of methoxy groups -OCH3 is 1. The lowest BCUT2D eigenvalue weighted by Crippen LogP contribution is -1.99. The molecule has 0 spiro atoms. The average molecular weight is 368 g/mol. The Labute approximate surface area is 134 Å². The Morgan fingerprint density at radius 3 is 2.62 bits per heavy atom. The number of halogens is 2. The first kappa shape index (κ1) is 14.2. The fourth-order valence-corrected chi connectivity index (χ4v) is 3.27. The first-order valence-corrected chi connectivity index (χ1v) is 7.51. The second-order valence-electron chi connectivity index (χ2n) is 4.64. The van der Waals surface area contributed by atoms with Crippen molar-refractivity contribution in [3.63, 3.8) is 0 Å². The Bertz CT molecular complexity index is 856. The zero-order valence-electron chi connectivity index (χ0n) is 11.1. The number of hydrogen-bond donors (Lipinski definition) is 2. The molecule has 2 N–H and O–H groups in total. The lowest BCUT2D eigenvalue weighted by atomic mass is 10.0. The lowest BCUT2D eigenvalue weighted by molar-refractivity contribution is 0.414. The summed E-state index contributed by atoms with van der Waals surface area (Å²) < 4.78 is 6.06. The van der Waals surface area contributed by atoms with Gasteiger partial charge in [0.15, 0.2) is 0 Å². The molecule has 0 aliphatic heterocycles. The van der Waals surface area contributed by atoms with Crippen LogP contribution in [0.3, 0.4) is 0 Å². The van der Waals surface area contributed by atoms with Gasteiger partial charge >= 0.3 is 5.69 Å². The second-order valence-corrected chi connectivity index (χ2v) is 5.93. The van der Waals surface area contributed by atoms with Gasteiger partial charge in [-0.25, -0.2) is 4.79 Å². The van der Waals surface area contributed by atoms with Crippen LogP contribution in [0, 0.1) is 0 Å². The summed E-state index contributed by atoms with van der Waals surface area (Å²) in [5, 5.41) is -0.350. The van der Waals surface area contributed by atoms with Gasteiger partial charge in [-0.3, -0.25) is 0 Å². The molecule has 1 aromatic heterocycles. The molecule has 0 radical (unpaired) electrons. The number of alkyl halides is 1. The van der Waals surface area contributed by atoms with Crippen molar-refractivity contribution >= 4 is 38.6 Å². The van der Waals surface area contributed by atoms with E-state index in [0.717, 1.165) is 32.4 Å². The molecule has 1 heterocycles. The van der Waals surface area contributed by atoms with E-state index in [0.29, 0.717) is 0 Å². The van der Waals surface area contributed by atoms with Crippen LogP contribution in [0.1, 0.15) is 16.5 Å². The van der Waals surface area contributed by atoms with Crippen molar-refractivity contribution in [1.82, 2.24) is 9.97 Å². The van der Waals surface area contributed by atoms with Gasteiger partial charge in [0.05, 0.1) is 23.5 Å². The van der Waals surface area contributed by atoms with Gasteiger partial charge in [-0.15, -0.1) is 11.6 Å². The highest BCUT2D eigenvalue weighted by atomic mass is 79.9. The Morgan fingerprint density at radius 2 is 1.90 bits per heavy atom. The zero-order chi connectivity index (χ0) is 15.0. The van der Waals surface area contributed by atoms with Crippen molar-refractivity contribution < 1.29 is 4.74 Å². The molecule has 0 fully saturated rings. The van der Waals surface area contributed by atoms with E-state index >= 15 is 0 Å². The number of H-pyrrole nitrogens is 2. The molecule has 4 nitrogen and oxygen atoms in total.